The Kier molecular flexibility index (Phi) is 7.39. The maximum Gasteiger partial charge on any atom is 0.308 e. The highest BCUT2D eigenvalue weighted by atomic mass is 16.7. The Hall–Kier alpha value is -0.610. The number of hydrogen-bond donors (Lipinski definition) is 0. The number of ether oxygens (including phenoxy) is 3. The number of rotatable bonds is 7. The molecule has 4 heteroatoms. The van der Waals surface area contributed by atoms with Gasteiger partial charge in [-0.2, -0.15) is 0 Å². The number of hydrogen-bond acceptors (Lipinski definition) is 4. The lowest BCUT2D eigenvalue weighted by atomic mass is 9.93. The van der Waals surface area contributed by atoms with Crippen LogP contribution in [0.4, 0.5) is 0 Å². The molecule has 0 N–H and O–H groups in total. The zero-order chi connectivity index (χ0) is 14.3. The molecule has 1 aliphatic heterocycles. The van der Waals surface area contributed by atoms with Gasteiger partial charge in [-0.05, 0) is 44.9 Å². The number of methoxy groups -OCH3 is 1. The molecule has 0 aromatic carbocycles. The lowest BCUT2D eigenvalue weighted by Crippen LogP contribution is -2.28. The molecule has 0 saturated carbocycles. The van der Waals surface area contributed by atoms with E-state index in [1.54, 1.807) is 0 Å². The Balaban J connectivity index is 2.22. The lowest BCUT2D eigenvalue weighted by Gasteiger charge is -2.27. The van der Waals surface area contributed by atoms with Crippen LogP contribution in [0.1, 0.15) is 52.9 Å². The third-order valence-electron chi connectivity index (χ3n) is 3.62. The molecule has 0 spiro atoms. The predicted molar refractivity (Wildman–Crippen MR) is 73.7 cm³/mol. The van der Waals surface area contributed by atoms with E-state index in [0.29, 0.717) is 5.92 Å². The summed E-state index contributed by atoms with van der Waals surface area (Å²) < 4.78 is 16.2. The van der Waals surface area contributed by atoms with Gasteiger partial charge in [-0.3, -0.25) is 4.79 Å². The van der Waals surface area contributed by atoms with Crippen LogP contribution in [0, 0.1) is 11.8 Å². The third kappa shape index (κ3) is 6.39. The van der Waals surface area contributed by atoms with E-state index < -0.39 is 0 Å². The number of carbonyl (C=O) groups excluding carboxylic acids is 1. The van der Waals surface area contributed by atoms with Crippen molar-refractivity contribution in [2.24, 2.45) is 11.8 Å². The number of esters is 1. The molecule has 19 heavy (non-hydrogen) atoms. The van der Waals surface area contributed by atoms with Gasteiger partial charge in [0.25, 0.3) is 0 Å². The average Bonchev–Trinajstić information content (AvgIpc) is 2.38. The van der Waals surface area contributed by atoms with Crippen molar-refractivity contribution in [2.45, 2.75) is 65.3 Å². The van der Waals surface area contributed by atoms with E-state index in [-0.39, 0.29) is 24.3 Å². The molecule has 0 aromatic rings. The van der Waals surface area contributed by atoms with Gasteiger partial charge in [-0.1, -0.05) is 13.8 Å². The van der Waals surface area contributed by atoms with Gasteiger partial charge in [-0.25, -0.2) is 0 Å². The zero-order valence-electron chi connectivity index (χ0n) is 12.7. The molecule has 4 atom stereocenters. The highest BCUT2D eigenvalue weighted by Crippen LogP contribution is 2.22. The fraction of sp³-hybridized carbons (Fsp3) is 0.933. The van der Waals surface area contributed by atoms with E-state index in [9.17, 15) is 4.79 Å². The smallest absolute Gasteiger partial charge is 0.308 e. The second-order valence-electron chi connectivity index (χ2n) is 5.74. The molecule has 1 rings (SSSR count). The number of carbonyl (C=O) groups is 1. The van der Waals surface area contributed by atoms with E-state index >= 15 is 0 Å². The highest BCUT2D eigenvalue weighted by Gasteiger charge is 2.21. The van der Waals surface area contributed by atoms with Gasteiger partial charge in [-0.15, -0.1) is 0 Å². The lowest BCUT2D eigenvalue weighted by molar-refractivity contribution is -0.187. The van der Waals surface area contributed by atoms with Crippen LogP contribution in [0.25, 0.3) is 0 Å². The minimum Gasteiger partial charge on any atom is -0.469 e. The van der Waals surface area contributed by atoms with Crippen molar-refractivity contribution in [1.29, 1.82) is 0 Å². The Morgan fingerprint density at radius 2 is 2.00 bits per heavy atom. The summed E-state index contributed by atoms with van der Waals surface area (Å²) in [5, 5.41) is 0. The maximum absolute atomic E-state index is 11.4. The first kappa shape index (κ1) is 16.4. The molecular formula is C15H28O4. The summed E-state index contributed by atoms with van der Waals surface area (Å²) in [5.74, 6) is 0.266. The van der Waals surface area contributed by atoms with Gasteiger partial charge in [0, 0.05) is 6.61 Å². The van der Waals surface area contributed by atoms with Crippen molar-refractivity contribution in [1.82, 2.24) is 0 Å². The molecule has 1 heterocycles. The molecule has 0 amide bonds. The van der Waals surface area contributed by atoms with Crippen molar-refractivity contribution in [3.8, 4) is 0 Å². The monoisotopic (exact) mass is 272 g/mol. The van der Waals surface area contributed by atoms with Crippen molar-refractivity contribution in [2.75, 3.05) is 13.7 Å². The summed E-state index contributed by atoms with van der Waals surface area (Å²) in [6.45, 7) is 6.96. The van der Waals surface area contributed by atoms with E-state index in [1.807, 2.05) is 6.92 Å². The Morgan fingerprint density at radius 3 is 2.58 bits per heavy atom. The van der Waals surface area contributed by atoms with Crippen molar-refractivity contribution in [3.63, 3.8) is 0 Å². The maximum atomic E-state index is 11.4. The van der Waals surface area contributed by atoms with Crippen LogP contribution in [0.2, 0.25) is 0 Å². The fourth-order valence-electron chi connectivity index (χ4n) is 2.70. The standard InChI is InChI=1S/C15H28O4/c1-11(9-12(2)15(16)17-4)10-13(3)19-14-7-5-6-8-18-14/h11-14H,5-10H2,1-4H3/t11-,12+,13-,14?/m0/s1. The molecule has 1 saturated heterocycles. The van der Waals surface area contributed by atoms with E-state index in [1.165, 1.54) is 13.5 Å². The SMILES string of the molecule is COC(=O)[C@H](C)C[C@H](C)C[C@H](C)OC1CCCCO1. The summed E-state index contributed by atoms with van der Waals surface area (Å²) >= 11 is 0. The quantitative estimate of drug-likeness (QED) is 0.668. The van der Waals surface area contributed by atoms with E-state index in [0.717, 1.165) is 32.3 Å². The van der Waals surface area contributed by atoms with Gasteiger partial charge in [0.05, 0.1) is 19.1 Å². The summed E-state index contributed by atoms with van der Waals surface area (Å²) in [4.78, 5) is 11.4. The fourth-order valence-corrected chi connectivity index (χ4v) is 2.70. The van der Waals surface area contributed by atoms with Gasteiger partial charge >= 0.3 is 5.97 Å². The molecule has 112 valence electrons. The highest BCUT2D eigenvalue weighted by molar-refractivity contribution is 5.71. The first-order valence-corrected chi connectivity index (χ1v) is 7.37. The van der Waals surface area contributed by atoms with Gasteiger partial charge in [0.15, 0.2) is 6.29 Å². The summed E-state index contributed by atoms with van der Waals surface area (Å²) in [5.41, 5.74) is 0. The molecule has 0 radical (unpaired) electrons. The molecule has 1 aliphatic rings. The van der Waals surface area contributed by atoms with Crippen molar-refractivity contribution < 1.29 is 19.0 Å². The molecule has 0 bridgehead atoms. The summed E-state index contributed by atoms with van der Waals surface area (Å²) in [7, 11) is 1.44. The molecule has 0 aromatic heterocycles. The normalized spacial score (nSPS) is 24.5. The molecule has 1 fully saturated rings. The summed E-state index contributed by atoms with van der Waals surface area (Å²) in [6.07, 6.45) is 5.25. The first-order valence-electron chi connectivity index (χ1n) is 7.37. The molecule has 0 aliphatic carbocycles. The van der Waals surface area contributed by atoms with E-state index in [4.69, 9.17) is 14.2 Å². The van der Waals surface area contributed by atoms with Crippen LogP contribution in [0.15, 0.2) is 0 Å². The second kappa shape index (κ2) is 8.54. The van der Waals surface area contributed by atoms with Crippen molar-refractivity contribution in [3.05, 3.63) is 0 Å². The van der Waals surface area contributed by atoms with E-state index in [2.05, 4.69) is 13.8 Å². The Morgan fingerprint density at radius 1 is 1.26 bits per heavy atom. The zero-order valence-corrected chi connectivity index (χ0v) is 12.7. The van der Waals surface area contributed by atoms with Crippen molar-refractivity contribution >= 4 is 5.97 Å². The first-order chi connectivity index (χ1) is 9.02. The van der Waals surface area contributed by atoms with Gasteiger partial charge < -0.3 is 14.2 Å². The molecule has 1 unspecified atom stereocenters. The Bertz CT molecular complexity index is 261. The largest absolute Gasteiger partial charge is 0.469 e. The van der Waals surface area contributed by atoms with Gasteiger partial charge in [0.1, 0.15) is 0 Å². The minimum absolute atomic E-state index is 0.0334. The van der Waals surface area contributed by atoms with Crippen LogP contribution in [0.5, 0.6) is 0 Å². The third-order valence-corrected chi connectivity index (χ3v) is 3.62. The molecule has 4 nitrogen and oxygen atoms in total. The van der Waals surface area contributed by atoms with Crippen LogP contribution in [-0.4, -0.2) is 32.1 Å². The van der Waals surface area contributed by atoms with Gasteiger partial charge in [0.2, 0.25) is 0 Å². The molecular weight excluding hydrogens is 244 g/mol. The predicted octanol–water partition coefficient (Wildman–Crippen LogP) is 3.14. The Labute approximate surface area is 116 Å². The van der Waals surface area contributed by atoms with Crippen LogP contribution in [-0.2, 0) is 19.0 Å². The van der Waals surface area contributed by atoms with Crippen LogP contribution >= 0.6 is 0 Å². The topological polar surface area (TPSA) is 44.8 Å². The summed E-state index contributed by atoms with van der Waals surface area (Å²) in [6, 6.07) is 0. The van der Waals surface area contributed by atoms with Crippen LogP contribution in [0.3, 0.4) is 0 Å². The second-order valence-corrected chi connectivity index (χ2v) is 5.74. The minimum atomic E-state index is -0.129. The average molecular weight is 272 g/mol. The van der Waals surface area contributed by atoms with Crippen LogP contribution < -0.4 is 0 Å².